The zero-order valence-corrected chi connectivity index (χ0v) is 15.3. The Hall–Kier alpha value is -1.32. The summed E-state index contributed by atoms with van der Waals surface area (Å²) >= 11 is 0. The third kappa shape index (κ3) is 2.68. The zero-order chi connectivity index (χ0) is 16.9. The molecular weight excluding hydrogens is 298 g/mol. The summed E-state index contributed by atoms with van der Waals surface area (Å²) in [6.07, 6.45) is 11.3. The number of amides is 1. The van der Waals surface area contributed by atoms with E-state index in [1.807, 2.05) is 26.1 Å². The van der Waals surface area contributed by atoms with E-state index < -0.39 is 0 Å². The predicted molar refractivity (Wildman–Crippen MR) is 94.5 cm³/mol. The zero-order valence-electron chi connectivity index (χ0n) is 15.3. The van der Waals surface area contributed by atoms with Crippen LogP contribution in [-0.4, -0.2) is 21.7 Å². The maximum atomic E-state index is 12.8. The van der Waals surface area contributed by atoms with Crippen LogP contribution in [0.15, 0.2) is 12.3 Å². The number of nitrogens with one attached hydrogen (secondary N) is 1. The summed E-state index contributed by atoms with van der Waals surface area (Å²) < 4.78 is 1.79. The van der Waals surface area contributed by atoms with E-state index in [0.29, 0.717) is 11.5 Å². The average Bonchev–Trinajstić information content (AvgIpc) is 2.96. The van der Waals surface area contributed by atoms with Gasteiger partial charge in [0.1, 0.15) is 6.04 Å². The third-order valence-electron chi connectivity index (χ3n) is 7.07. The van der Waals surface area contributed by atoms with Gasteiger partial charge in [0.25, 0.3) is 0 Å². The number of carbonyl (C=O) groups is 1. The van der Waals surface area contributed by atoms with Gasteiger partial charge in [-0.05, 0) is 88.0 Å². The van der Waals surface area contributed by atoms with E-state index in [4.69, 9.17) is 0 Å². The Balaban J connectivity index is 1.49. The van der Waals surface area contributed by atoms with E-state index in [0.717, 1.165) is 29.9 Å². The molecule has 4 saturated carbocycles. The van der Waals surface area contributed by atoms with Crippen molar-refractivity contribution in [2.24, 2.45) is 23.2 Å². The topological polar surface area (TPSA) is 46.9 Å². The Bertz CT molecular complexity index is 585. The Morgan fingerprint density at radius 3 is 2.33 bits per heavy atom. The van der Waals surface area contributed by atoms with Gasteiger partial charge in [0, 0.05) is 12.2 Å². The molecule has 2 atom stereocenters. The monoisotopic (exact) mass is 329 g/mol. The van der Waals surface area contributed by atoms with Crippen LogP contribution in [0.2, 0.25) is 0 Å². The van der Waals surface area contributed by atoms with Gasteiger partial charge in [0.2, 0.25) is 5.91 Å². The third-order valence-corrected chi connectivity index (χ3v) is 7.07. The summed E-state index contributed by atoms with van der Waals surface area (Å²) in [7, 11) is 0. The SMILES string of the molecule is CCC(NC(=O)C(C)n1ccc(C)n1)C12CC3CC(CC(C3)C1)C2. The molecule has 0 aliphatic heterocycles. The van der Waals surface area contributed by atoms with Gasteiger partial charge in [-0.15, -0.1) is 0 Å². The second-order valence-electron chi connectivity index (χ2n) is 8.86. The van der Waals surface area contributed by atoms with Gasteiger partial charge in [0.15, 0.2) is 0 Å². The Morgan fingerprint density at radius 2 is 1.88 bits per heavy atom. The molecule has 24 heavy (non-hydrogen) atoms. The van der Waals surface area contributed by atoms with Crippen molar-refractivity contribution in [1.82, 2.24) is 15.1 Å². The van der Waals surface area contributed by atoms with Crippen LogP contribution in [0.4, 0.5) is 0 Å². The molecule has 132 valence electrons. The highest BCUT2D eigenvalue weighted by molar-refractivity contribution is 5.80. The van der Waals surface area contributed by atoms with Gasteiger partial charge in [-0.25, -0.2) is 0 Å². The van der Waals surface area contributed by atoms with E-state index in [1.54, 1.807) is 4.68 Å². The van der Waals surface area contributed by atoms with Crippen LogP contribution in [-0.2, 0) is 4.79 Å². The molecule has 4 fully saturated rings. The highest BCUT2D eigenvalue weighted by atomic mass is 16.2. The molecule has 4 heteroatoms. The molecule has 1 aromatic rings. The molecule has 4 aliphatic rings. The highest BCUT2D eigenvalue weighted by Gasteiger charge is 2.54. The van der Waals surface area contributed by atoms with Crippen LogP contribution in [0.5, 0.6) is 0 Å². The average molecular weight is 329 g/mol. The molecule has 0 radical (unpaired) electrons. The predicted octanol–water partition coefficient (Wildman–Crippen LogP) is 3.86. The summed E-state index contributed by atoms with van der Waals surface area (Å²) in [5.74, 6) is 2.90. The van der Waals surface area contributed by atoms with E-state index >= 15 is 0 Å². The number of hydrogen-bond donors (Lipinski definition) is 1. The first-order valence-electron chi connectivity index (χ1n) is 9.81. The molecule has 1 amide bonds. The Morgan fingerprint density at radius 1 is 1.29 bits per heavy atom. The van der Waals surface area contributed by atoms with Crippen LogP contribution in [0.1, 0.15) is 70.5 Å². The molecule has 4 bridgehead atoms. The minimum atomic E-state index is -0.235. The lowest BCUT2D eigenvalue weighted by Crippen LogP contribution is -2.57. The largest absolute Gasteiger partial charge is 0.351 e. The van der Waals surface area contributed by atoms with E-state index in [2.05, 4.69) is 17.3 Å². The second kappa shape index (κ2) is 5.89. The molecule has 0 spiro atoms. The second-order valence-corrected chi connectivity index (χ2v) is 8.86. The molecule has 1 aromatic heterocycles. The normalized spacial score (nSPS) is 36.5. The summed E-state index contributed by atoms with van der Waals surface area (Å²) in [5.41, 5.74) is 1.33. The lowest BCUT2D eigenvalue weighted by Gasteiger charge is -2.59. The quantitative estimate of drug-likeness (QED) is 0.891. The molecule has 1 N–H and O–H groups in total. The molecule has 0 aromatic carbocycles. The van der Waals surface area contributed by atoms with Gasteiger partial charge >= 0.3 is 0 Å². The van der Waals surface area contributed by atoms with Crippen LogP contribution in [0, 0.1) is 30.1 Å². The van der Waals surface area contributed by atoms with E-state index in [9.17, 15) is 4.79 Å². The van der Waals surface area contributed by atoms with Crippen molar-refractivity contribution in [3.8, 4) is 0 Å². The first-order chi connectivity index (χ1) is 11.5. The fraction of sp³-hybridized carbons (Fsp3) is 0.800. The smallest absolute Gasteiger partial charge is 0.244 e. The minimum Gasteiger partial charge on any atom is -0.351 e. The molecule has 2 unspecified atom stereocenters. The van der Waals surface area contributed by atoms with Crippen molar-refractivity contribution in [3.05, 3.63) is 18.0 Å². The molecule has 1 heterocycles. The number of rotatable bonds is 5. The fourth-order valence-electron chi connectivity index (χ4n) is 6.35. The maximum absolute atomic E-state index is 12.8. The summed E-state index contributed by atoms with van der Waals surface area (Å²) in [4.78, 5) is 12.8. The van der Waals surface area contributed by atoms with E-state index in [-0.39, 0.29) is 11.9 Å². The van der Waals surface area contributed by atoms with Crippen LogP contribution >= 0.6 is 0 Å². The maximum Gasteiger partial charge on any atom is 0.244 e. The van der Waals surface area contributed by atoms with Crippen molar-refractivity contribution < 1.29 is 4.79 Å². The number of nitrogens with zero attached hydrogens (tertiary/aromatic N) is 2. The molecule has 4 nitrogen and oxygen atoms in total. The minimum absolute atomic E-state index is 0.126. The summed E-state index contributed by atoms with van der Waals surface area (Å²) in [5, 5.41) is 7.84. The molecule has 0 saturated heterocycles. The Kier molecular flexibility index (Phi) is 3.97. The number of hydrogen-bond acceptors (Lipinski definition) is 2. The molecular formula is C20H31N3O. The molecule has 5 rings (SSSR count). The first kappa shape index (κ1) is 16.2. The summed E-state index contributed by atoms with van der Waals surface area (Å²) in [6.45, 7) is 6.16. The van der Waals surface area contributed by atoms with Crippen molar-refractivity contribution in [1.29, 1.82) is 0 Å². The lowest BCUT2D eigenvalue weighted by atomic mass is 9.47. The van der Waals surface area contributed by atoms with Crippen molar-refractivity contribution >= 4 is 5.91 Å². The van der Waals surface area contributed by atoms with Gasteiger partial charge in [-0.1, -0.05) is 6.92 Å². The van der Waals surface area contributed by atoms with E-state index in [1.165, 1.54) is 38.5 Å². The van der Waals surface area contributed by atoms with Gasteiger partial charge < -0.3 is 5.32 Å². The highest BCUT2D eigenvalue weighted by Crippen LogP contribution is 2.61. The standard InChI is InChI=1S/C20H31N3O/c1-4-18(21-19(24)14(3)23-6-5-13(2)22-23)20-10-15-7-16(11-20)9-17(8-15)12-20/h5-6,14-18H,4,7-12H2,1-3H3,(H,21,24). The Labute approximate surface area is 145 Å². The number of carbonyl (C=O) groups excluding carboxylic acids is 1. The first-order valence-corrected chi connectivity index (χ1v) is 9.81. The van der Waals surface area contributed by atoms with Crippen molar-refractivity contribution in [2.75, 3.05) is 0 Å². The van der Waals surface area contributed by atoms with Crippen molar-refractivity contribution in [3.63, 3.8) is 0 Å². The van der Waals surface area contributed by atoms with Gasteiger partial charge in [0.05, 0.1) is 5.69 Å². The number of aromatic nitrogens is 2. The van der Waals surface area contributed by atoms with Crippen LogP contribution in [0.25, 0.3) is 0 Å². The van der Waals surface area contributed by atoms with Gasteiger partial charge in [-0.3, -0.25) is 9.48 Å². The van der Waals surface area contributed by atoms with Gasteiger partial charge in [-0.2, -0.15) is 5.10 Å². The summed E-state index contributed by atoms with van der Waals surface area (Å²) in [6, 6.07) is 2.05. The molecule has 4 aliphatic carbocycles. The fourth-order valence-corrected chi connectivity index (χ4v) is 6.35. The van der Waals surface area contributed by atoms with Crippen LogP contribution < -0.4 is 5.32 Å². The lowest BCUT2D eigenvalue weighted by molar-refractivity contribution is -0.129. The number of aryl methyl sites for hydroxylation is 1. The van der Waals surface area contributed by atoms with Crippen molar-refractivity contribution in [2.45, 2.75) is 77.8 Å². The van der Waals surface area contributed by atoms with Crippen LogP contribution in [0.3, 0.4) is 0 Å².